The molecule has 0 saturated carbocycles. The van der Waals surface area contributed by atoms with E-state index in [1.54, 1.807) is 19.2 Å². The maximum atomic E-state index is 12.7. The molecule has 0 aromatic heterocycles. The van der Waals surface area contributed by atoms with E-state index in [9.17, 15) is 4.57 Å². The summed E-state index contributed by atoms with van der Waals surface area (Å²) in [4.78, 5) is 0. The smallest absolute Gasteiger partial charge is 0.259 e. The van der Waals surface area contributed by atoms with Gasteiger partial charge in [0.2, 0.25) is 0 Å². The van der Waals surface area contributed by atoms with E-state index in [4.69, 9.17) is 9.26 Å². The molecule has 0 aliphatic heterocycles. The topological polar surface area (TPSA) is 35.5 Å². The summed E-state index contributed by atoms with van der Waals surface area (Å²) in [6, 6.07) is 9.12. The van der Waals surface area contributed by atoms with E-state index in [-0.39, 0.29) is 6.61 Å². The molecule has 88 valence electrons. The number of benzene rings is 1. The minimum atomic E-state index is -3.00. The third kappa shape index (κ3) is 2.82. The van der Waals surface area contributed by atoms with Gasteiger partial charge in [-0.15, -0.1) is 0 Å². The van der Waals surface area contributed by atoms with Crippen LogP contribution in [0.5, 0.6) is 0 Å². The highest BCUT2D eigenvalue weighted by Gasteiger charge is 2.28. The Labute approximate surface area is 96.5 Å². The number of rotatable bonds is 6. The Balaban J connectivity index is 3.07. The van der Waals surface area contributed by atoms with Crippen LogP contribution in [0.3, 0.4) is 0 Å². The molecule has 1 aromatic carbocycles. The first-order valence-electron chi connectivity index (χ1n) is 5.12. The van der Waals surface area contributed by atoms with Crippen molar-refractivity contribution in [3.63, 3.8) is 0 Å². The normalized spacial score (nSPS) is 14.4. The lowest BCUT2D eigenvalue weighted by atomic mass is 10.4. The zero-order chi connectivity index (χ0) is 12.0. The van der Waals surface area contributed by atoms with E-state index in [0.717, 1.165) is 0 Å². The summed E-state index contributed by atoms with van der Waals surface area (Å²) in [5.74, 6) is 0. The second kappa shape index (κ2) is 6.00. The molecule has 4 heteroatoms. The highest BCUT2D eigenvalue weighted by Crippen LogP contribution is 2.52. The van der Waals surface area contributed by atoms with Crippen molar-refractivity contribution in [3.8, 4) is 0 Å². The molecule has 0 fully saturated rings. The van der Waals surface area contributed by atoms with E-state index in [1.165, 1.54) is 0 Å². The standard InChI is InChI=1S/C12H17O3P/c1-4-15-16(13,11(2)10-14-3)12-8-6-5-7-9-12/h5-9H,2,4,10H2,1,3H3. The molecular formula is C12H17O3P. The van der Waals surface area contributed by atoms with Crippen molar-refractivity contribution in [1.82, 2.24) is 0 Å². The average molecular weight is 240 g/mol. The molecule has 1 unspecified atom stereocenters. The highest BCUT2D eigenvalue weighted by molar-refractivity contribution is 7.71. The number of methoxy groups -OCH3 is 1. The van der Waals surface area contributed by atoms with Gasteiger partial charge in [-0.2, -0.15) is 0 Å². The van der Waals surface area contributed by atoms with Gasteiger partial charge in [-0.3, -0.25) is 4.57 Å². The van der Waals surface area contributed by atoms with Gasteiger partial charge in [0, 0.05) is 17.7 Å². The van der Waals surface area contributed by atoms with Crippen molar-refractivity contribution in [2.45, 2.75) is 6.92 Å². The Kier molecular flexibility index (Phi) is 4.94. The van der Waals surface area contributed by atoms with Gasteiger partial charge in [-0.1, -0.05) is 24.8 Å². The molecule has 0 amide bonds. The van der Waals surface area contributed by atoms with E-state index >= 15 is 0 Å². The Morgan fingerprint density at radius 3 is 2.50 bits per heavy atom. The Bertz CT molecular complexity index is 387. The molecule has 1 rings (SSSR count). The fourth-order valence-electron chi connectivity index (χ4n) is 1.41. The van der Waals surface area contributed by atoms with Crippen LogP contribution in [0.25, 0.3) is 0 Å². The molecule has 0 N–H and O–H groups in total. The zero-order valence-electron chi connectivity index (χ0n) is 9.68. The molecular weight excluding hydrogens is 223 g/mol. The molecule has 0 bridgehead atoms. The second-order valence-electron chi connectivity index (χ2n) is 3.30. The number of ether oxygens (including phenoxy) is 1. The summed E-state index contributed by atoms with van der Waals surface area (Å²) in [5.41, 5.74) is 0. The Morgan fingerprint density at radius 1 is 1.38 bits per heavy atom. The van der Waals surface area contributed by atoms with Crippen LogP contribution in [0.1, 0.15) is 6.92 Å². The summed E-state index contributed by atoms with van der Waals surface area (Å²) in [7, 11) is -1.45. The van der Waals surface area contributed by atoms with Gasteiger partial charge in [0.1, 0.15) is 0 Å². The monoisotopic (exact) mass is 240 g/mol. The van der Waals surface area contributed by atoms with Gasteiger partial charge in [-0.25, -0.2) is 0 Å². The lowest BCUT2D eigenvalue weighted by Gasteiger charge is -2.19. The van der Waals surface area contributed by atoms with Crippen molar-refractivity contribution in [2.75, 3.05) is 20.3 Å². The summed E-state index contributed by atoms with van der Waals surface area (Å²) < 4.78 is 23.1. The van der Waals surface area contributed by atoms with Crippen LogP contribution in [-0.4, -0.2) is 20.3 Å². The Morgan fingerprint density at radius 2 is 2.00 bits per heavy atom. The molecule has 0 saturated heterocycles. The molecule has 0 aliphatic carbocycles. The van der Waals surface area contributed by atoms with Gasteiger partial charge >= 0.3 is 0 Å². The van der Waals surface area contributed by atoms with E-state index in [1.807, 2.05) is 25.1 Å². The van der Waals surface area contributed by atoms with Gasteiger partial charge in [-0.05, 0) is 19.1 Å². The third-order valence-electron chi connectivity index (χ3n) is 2.13. The van der Waals surface area contributed by atoms with Crippen LogP contribution in [0.4, 0.5) is 0 Å². The van der Waals surface area contributed by atoms with Crippen LogP contribution in [0.15, 0.2) is 42.2 Å². The highest BCUT2D eigenvalue weighted by atomic mass is 31.2. The van der Waals surface area contributed by atoms with E-state index < -0.39 is 7.37 Å². The maximum Gasteiger partial charge on any atom is 0.259 e. The zero-order valence-corrected chi connectivity index (χ0v) is 10.6. The molecule has 0 aliphatic rings. The van der Waals surface area contributed by atoms with Crippen LogP contribution >= 0.6 is 7.37 Å². The molecule has 1 aromatic rings. The molecule has 1 atom stereocenters. The molecule has 0 spiro atoms. The van der Waals surface area contributed by atoms with Crippen LogP contribution in [0, 0.1) is 0 Å². The number of hydrogen-bond acceptors (Lipinski definition) is 3. The quantitative estimate of drug-likeness (QED) is 0.717. The second-order valence-corrected chi connectivity index (χ2v) is 5.81. The first-order valence-corrected chi connectivity index (χ1v) is 6.75. The lowest BCUT2D eigenvalue weighted by molar-refractivity contribution is 0.227. The first-order chi connectivity index (χ1) is 7.65. The van der Waals surface area contributed by atoms with Crippen molar-refractivity contribution < 1.29 is 13.8 Å². The van der Waals surface area contributed by atoms with Crippen LogP contribution in [-0.2, 0) is 13.8 Å². The molecule has 16 heavy (non-hydrogen) atoms. The van der Waals surface area contributed by atoms with Gasteiger partial charge in [0.25, 0.3) is 7.37 Å². The minimum Gasteiger partial charge on any atom is -0.380 e. The summed E-state index contributed by atoms with van der Waals surface area (Å²) in [6.45, 7) is 6.24. The van der Waals surface area contributed by atoms with Gasteiger partial charge in [0.15, 0.2) is 0 Å². The summed E-state index contributed by atoms with van der Waals surface area (Å²) in [6.07, 6.45) is 0. The van der Waals surface area contributed by atoms with Crippen molar-refractivity contribution in [3.05, 3.63) is 42.2 Å². The number of hydrogen-bond donors (Lipinski definition) is 0. The first kappa shape index (κ1) is 13.2. The third-order valence-corrected chi connectivity index (χ3v) is 4.70. The molecule has 0 radical (unpaired) electrons. The van der Waals surface area contributed by atoms with Crippen molar-refractivity contribution in [2.24, 2.45) is 0 Å². The lowest BCUT2D eigenvalue weighted by Crippen LogP contribution is -2.11. The summed E-state index contributed by atoms with van der Waals surface area (Å²) >= 11 is 0. The fraction of sp³-hybridized carbons (Fsp3) is 0.333. The molecule has 0 heterocycles. The van der Waals surface area contributed by atoms with Crippen LogP contribution < -0.4 is 5.30 Å². The fourth-order valence-corrected chi connectivity index (χ4v) is 3.33. The summed E-state index contributed by atoms with van der Waals surface area (Å²) in [5, 5.41) is 1.15. The van der Waals surface area contributed by atoms with Crippen LogP contribution in [0.2, 0.25) is 0 Å². The van der Waals surface area contributed by atoms with Crippen molar-refractivity contribution in [1.29, 1.82) is 0 Å². The van der Waals surface area contributed by atoms with Gasteiger partial charge in [0.05, 0.1) is 13.2 Å². The van der Waals surface area contributed by atoms with Crippen molar-refractivity contribution >= 4 is 12.7 Å². The van der Waals surface area contributed by atoms with E-state index in [0.29, 0.717) is 17.2 Å². The minimum absolute atomic E-state index is 0.242. The maximum absolute atomic E-state index is 12.7. The average Bonchev–Trinajstić information content (AvgIpc) is 2.30. The van der Waals surface area contributed by atoms with E-state index in [2.05, 4.69) is 6.58 Å². The largest absolute Gasteiger partial charge is 0.380 e. The molecule has 3 nitrogen and oxygen atoms in total. The van der Waals surface area contributed by atoms with Gasteiger partial charge < -0.3 is 9.26 Å². The predicted octanol–water partition coefficient (Wildman–Crippen LogP) is 2.79. The Hall–Kier alpha value is -0.890. The predicted molar refractivity (Wildman–Crippen MR) is 66.3 cm³/mol. The SMILES string of the molecule is C=C(COC)P(=O)(OCC)c1ccccc1.